The van der Waals surface area contributed by atoms with E-state index in [1.54, 1.807) is 12.4 Å². The average Bonchev–Trinajstić information content (AvgIpc) is 2.69. The van der Waals surface area contributed by atoms with Crippen molar-refractivity contribution < 1.29 is 4.79 Å². The summed E-state index contributed by atoms with van der Waals surface area (Å²) in [6.07, 6.45) is 5.28. The van der Waals surface area contributed by atoms with Crippen molar-refractivity contribution >= 4 is 17.2 Å². The second kappa shape index (κ2) is 5.28. The maximum atomic E-state index is 12.1. The van der Waals surface area contributed by atoms with Gasteiger partial charge < -0.3 is 0 Å². The molecule has 0 spiro atoms. The summed E-state index contributed by atoms with van der Waals surface area (Å²) in [5, 5.41) is 0. The number of hydrogen-bond donors (Lipinski definition) is 0. The maximum Gasteiger partial charge on any atom is 0.253 e. The molecule has 0 aliphatic carbocycles. The zero-order valence-electron chi connectivity index (χ0n) is 12.3. The number of rotatable bonds is 1. The molecule has 2 aromatic heterocycles. The van der Waals surface area contributed by atoms with E-state index in [2.05, 4.69) is 15.0 Å². The van der Waals surface area contributed by atoms with E-state index in [1.165, 1.54) is 11.3 Å². The Labute approximate surface area is 122 Å². The van der Waals surface area contributed by atoms with Crippen LogP contribution in [0.2, 0.25) is 0 Å². The van der Waals surface area contributed by atoms with Gasteiger partial charge in [-0.05, 0) is 13.8 Å². The predicted molar refractivity (Wildman–Crippen MR) is 78.7 cm³/mol. The van der Waals surface area contributed by atoms with Crippen LogP contribution in [0, 0.1) is 19.3 Å². The van der Waals surface area contributed by atoms with Gasteiger partial charge in [-0.2, -0.15) is 4.99 Å². The fraction of sp³-hybridized carbons (Fsp3) is 0.429. The van der Waals surface area contributed by atoms with E-state index in [1.807, 2.05) is 45.4 Å². The van der Waals surface area contributed by atoms with Gasteiger partial charge >= 0.3 is 0 Å². The fourth-order valence-electron chi connectivity index (χ4n) is 1.52. The van der Waals surface area contributed by atoms with Gasteiger partial charge in [0, 0.05) is 22.7 Å². The van der Waals surface area contributed by atoms with Gasteiger partial charge in [0.25, 0.3) is 5.91 Å². The summed E-state index contributed by atoms with van der Waals surface area (Å²) in [6.45, 7) is 9.43. The second-order valence-corrected chi connectivity index (χ2v) is 6.89. The lowest BCUT2D eigenvalue weighted by molar-refractivity contribution is -0.125. The largest absolute Gasteiger partial charge is 0.275 e. The molecule has 0 aliphatic heterocycles. The number of carbonyl (C=O) groups is 1. The van der Waals surface area contributed by atoms with Gasteiger partial charge in [-0.1, -0.05) is 20.8 Å². The summed E-state index contributed by atoms with van der Waals surface area (Å²) in [6, 6.07) is 0. The molecule has 0 bridgehead atoms. The first-order chi connectivity index (χ1) is 9.27. The second-order valence-electron chi connectivity index (χ2n) is 5.68. The molecule has 0 aliphatic rings. The zero-order valence-corrected chi connectivity index (χ0v) is 13.2. The normalized spacial score (nSPS) is 12.8. The van der Waals surface area contributed by atoms with Gasteiger partial charge in [-0.25, -0.2) is 4.98 Å². The lowest BCUT2D eigenvalue weighted by Gasteiger charge is -2.11. The van der Waals surface area contributed by atoms with Gasteiger partial charge in [0.15, 0.2) is 10.6 Å². The van der Waals surface area contributed by atoms with Gasteiger partial charge in [0.1, 0.15) is 0 Å². The molecule has 0 fully saturated rings. The van der Waals surface area contributed by atoms with Crippen LogP contribution in [0.1, 0.15) is 31.3 Å². The molecule has 106 valence electrons. The molecule has 0 N–H and O–H groups in total. The molecule has 5 nitrogen and oxygen atoms in total. The smallest absolute Gasteiger partial charge is 0.253 e. The van der Waals surface area contributed by atoms with Gasteiger partial charge in [0.05, 0.1) is 11.9 Å². The monoisotopic (exact) mass is 290 g/mol. The van der Waals surface area contributed by atoms with E-state index >= 15 is 0 Å². The Morgan fingerprint density at radius 1 is 1.30 bits per heavy atom. The van der Waals surface area contributed by atoms with Crippen LogP contribution < -0.4 is 4.80 Å². The van der Waals surface area contributed by atoms with Crippen molar-refractivity contribution in [2.75, 3.05) is 0 Å². The summed E-state index contributed by atoms with van der Waals surface area (Å²) in [7, 11) is 0. The van der Waals surface area contributed by atoms with Crippen molar-refractivity contribution in [3.8, 4) is 5.82 Å². The highest BCUT2D eigenvalue weighted by Gasteiger charge is 2.21. The summed E-state index contributed by atoms with van der Waals surface area (Å²) in [5.41, 5.74) is 0.334. The molecule has 20 heavy (non-hydrogen) atoms. The van der Waals surface area contributed by atoms with Crippen molar-refractivity contribution in [3.05, 3.63) is 34.0 Å². The molecular weight excluding hydrogens is 272 g/mol. The van der Waals surface area contributed by atoms with E-state index in [9.17, 15) is 4.79 Å². The third-order valence-corrected chi connectivity index (χ3v) is 3.50. The lowest BCUT2D eigenvalue weighted by atomic mass is 9.96. The molecule has 0 aromatic carbocycles. The Hall–Kier alpha value is -1.82. The van der Waals surface area contributed by atoms with Crippen LogP contribution >= 0.6 is 11.3 Å². The number of aryl methyl sites for hydroxylation is 2. The average molecular weight is 290 g/mol. The predicted octanol–water partition coefficient (Wildman–Crippen LogP) is 2.42. The molecule has 6 heteroatoms. The number of amides is 1. The molecule has 2 heterocycles. The number of thiazole rings is 1. The summed E-state index contributed by atoms with van der Waals surface area (Å²) in [4.78, 5) is 26.6. The van der Waals surface area contributed by atoms with Crippen molar-refractivity contribution in [1.29, 1.82) is 0 Å². The quantitative estimate of drug-likeness (QED) is 0.810. The Morgan fingerprint density at radius 2 is 2.00 bits per heavy atom. The molecule has 2 aromatic rings. The highest BCUT2D eigenvalue weighted by molar-refractivity contribution is 7.09. The van der Waals surface area contributed by atoms with E-state index in [0.717, 1.165) is 10.6 Å². The van der Waals surface area contributed by atoms with E-state index in [0.29, 0.717) is 10.6 Å². The standard InChI is InChI=1S/C14H18N4OS/c1-9-6-15-7-11(16-9)18-8-10(2)20-13(18)17-12(19)14(3,4)5/h6-8H,1-5H3/b17-13-. The first-order valence-corrected chi connectivity index (χ1v) is 7.16. The molecule has 2 rings (SSSR count). The number of nitrogens with zero attached hydrogens (tertiary/aromatic N) is 4. The molecule has 0 atom stereocenters. The van der Waals surface area contributed by atoms with Crippen molar-refractivity contribution in [2.45, 2.75) is 34.6 Å². The van der Waals surface area contributed by atoms with E-state index in [4.69, 9.17) is 0 Å². The fourth-order valence-corrected chi connectivity index (χ4v) is 2.34. The molecule has 0 saturated heterocycles. The first kappa shape index (κ1) is 14.6. The van der Waals surface area contributed by atoms with E-state index in [-0.39, 0.29) is 5.91 Å². The molecule has 0 saturated carbocycles. The zero-order chi connectivity index (χ0) is 14.9. The van der Waals surface area contributed by atoms with Crippen LogP contribution in [0.25, 0.3) is 5.82 Å². The van der Waals surface area contributed by atoms with Crippen molar-refractivity contribution in [2.24, 2.45) is 10.4 Å². The third kappa shape index (κ3) is 3.19. The lowest BCUT2D eigenvalue weighted by Crippen LogP contribution is -2.23. The number of carbonyl (C=O) groups excluding carboxylic acids is 1. The van der Waals surface area contributed by atoms with Crippen LogP contribution in [-0.4, -0.2) is 20.4 Å². The Morgan fingerprint density at radius 3 is 2.60 bits per heavy atom. The van der Waals surface area contributed by atoms with Gasteiger partial charge in [-0.3, -0.25) is 14.3 Å². The van der Waals surface area contributed by atoms with E-state index < -0.39 is 5.41 Å². The third-order valence-electron chi connectivity index (χ3n) is 2.60. The Balaban J connectivity index is 2.57. The summed E-state index contributed by atoms with van der Waals surface area (Å²) < 4.78 is 1.81. The van der Waals surface area contributed by atoms with Crippen molar-refractivity contribution in [3.63, 3.8) is 0 Å². The minimum Gasteiger partial charge on any atom is -0.275 e. The van der Waals surface area contributed by atoms with Crippen molar-refractivity contribution in [1.82, 2.24) is 14.5 Å². The van der Waals surface area contributed by atoms with Crippen LogP contribution in [-0.2, 0) is 4.79 Å². The van der Waals surface area contributed by atoms with Gasteiger partial charge in [0.2, 0.25) is 0 Å². The van der Waals surface area contributed by atoms with Crippen LogP contribution in [0.15, 0.2) is 23.6 Å². The molecule has 1 amide bonds. The number of aromatic nitrogens is 3. The minimum absolute atomic E-state index is 0.145. The minimum atomic E-state index is -0.492. The Kier molecular flexibility index (Phi) is 3.85. The van der Waals surface area contributed by atoms with Crippen LogP contribution in [0.3, 0.4) is 0 Å². The van der Waals surface area contributed by atoms with Crippen LogP contribution in [0.5, 0.6) is 0 Å². The maximum absolute atomic E-state index is 12.1. The molecular formula is C14H18N4OS. The molecule has 0 radical (unpaired) electrons. The van der Waals surface area contributed by atoms with Crippen LogP contribution in [0.4, 0.5) is 0 Å². The Bertz CT molecular complexity index is 706. The van der Waals surface area contributed by atoms with Gasteiger partial charge in [-0.15, -0.1) is 11.3 Å². The summed E-state index contributed by atoms with van der Waals surface area (Å²) >= 11 is 1.47. The summed E-state index contributed by atoms with van der Waals surface area (Å²) in [5.74, 6) is 0.531. The first-order valence-electron chi connectivity index (χ1n) is 6.34. The highest BCUT2D eigenvalue weighted by atomic mass is 32.1. The number of hydrogen-bond acceptors (Lipinski definition) is 4. The highest BCUT2D eigenvalue weighted by Crippen LogP contribution is 2.15. The molecule has 0 unspecified atom stereocenters. The SMILES string of the molecule is Cc1cncc(-n2cc(C)s/c2=N\C(=O)C(C)(C)C)n1. The topological polar surface area (TPSA) is 60.1 Å².